The molecule has 130 valence electrons. The number of carbonyl (C=O) groups is 1. The zero-order valence-corrected chi connectivity index (χ0v) is 15.0. The molecule has 0 spiro atoms. The van der Waals surface area contributed by atoms with Crippen LogP contribution < -0.4 is 10.1 Å². The first-order valence-electron chi connectivity index (χ1n) is 8.68. The molecule has 3 aromatic rings. The molecule has 0 aliphatic heterocycles. The molecular formula is C21H24N2O2. The molecule has 0 aliphatic carbocycles. The van der Waals surface area contributed by atoms with Crippen molar-refractivity contribution < 1.29 is 9.53 Å². The molecule has 0 atom stereocenters. The van der Waals surface area contributed by atoms with E-state index in [2.05, 4.69) is 31.3 Å². The number of hydrogen-bond donors (Lipinski definition) is 1. The number of benzene rings is 2. The molecule has 4 heteroatoms. The summed E-state index contributed by atoms with van der Waals surface area (Å²) in [5.74, 6) is 1.30. The van der Waals surface area contributed by atoms with Gasteiger partial charge in [-0.3, -0.25) is 4.79 Å². The summed E-state index contributed by atoms with van der Waals surface area (Å²) in [6.07, 6.45) is 1.93. The Bertz CT molecular complexity index is 863. The van der Waals surface area contributed by atoms with Crippen LogP contribution in [0.4, 0.5) is 5.69 Å². The van der Waals surface area contributed by atoms with Crippen molar-refractivity contribution in [1.82, 2.24) is 4.57 Å². The quantitative estimate of drug-likeness (QED) is 0.702. The van der Waals surface area contributed by atoms with Gasteiger partial charge in [-0.2, -0.15) is 0 Å². The second-order valence-corrected chi connectivity index (χ2v) is 6.42. The van der Waals surface area contributed by atoms with E-state index in [9.17, 15) is 4.79 Å². The lowest BCUT2D eigenvalue weighted by Crippen LogP contribution is -2.18. The van der Waals surface area contributed by atoms with Crippen LogP contribution in [0.25, 0.3) is 10.9 Å². The van der Waals surface area contributed by atoms with Crippen LogP contribution in [0.1, 0.15) is 32.3 Å². The topological polar surface area (TPSA) is 43.3 Å². The van der Waals surface area contributed by atoms with Gasteiger partial charge < -0.3 is 14.6 Å². The third-order valence-corrected chi connectivity index (χ3v) is 4.23. The maximum Gasteiger partial charge on any atom is 0.244 e. The molecule has 3 rings (SSSR count). The van der Waals surface area contributed by atoms with Crippen molar-refractivity contribution in [3.8, 4) is 5.75 Å². The van der Waals surface area contributed by atoms with Crippen molar-refractivity contribution in [1.29, 1.82) is 0 Å². The SMILES string of the molecule is CCOc1ccc2c(ccn2CC(=O)Nc2ccc(C(C)C)cc2)c1. The Balaban J connectivity index is 1.69. The van der Waals surface area contributed by atoms with Crippen molar-refractivity contribution in [2.45, 2.75) is 33.2 Å². The minimum absolute atomic E-state index is 0.0383. The molecule has 0 saturated carbocycles. The normalized spacial score (nSPS) is 11.0. The number of aromatic nitrogens is 1. The van der Waals surface area contributed by atoms with Gasteiger partial charge in [-0.1, -0.05) is 26.0 Å². The fraction of sp³-hybridized carbons (Fsp3) is 0.286. The average Bonchev–Trinajstić information content (AvgIpc) is 2.98. The van der Waals surface area contributed by atoms with Crippen molar-refractivity contribution in [3.63, 3.8) is 0 Å². The van der Waals surface area contributed by atoms with E-state index in [1.54, 1.807) is 0 Å². The van der Waals surface area contributed by atoms with E-state index in [4.69, 9.17) is 4.74 Å². The molecule has 0 unspecified atom stereocenters. The van der Waals surface area contributed by atoms with Crippen LogP contribution in [0.2, 0.25) is 0 Å². The zero-order valence-electron chi connectivity index (χ0n) is 15.0. The lowest BCUT2D eigenvalue weighted by molar-refractivity contribution is -0.116. The van der Waals surface area contributed by atoms with E-state index >= 15 is 0 Å². The molecule has 1 N–H and O–H groups in total. The average molecular weight is 336 g/mol. The van der Waals surface area contributed by atoms with E-state index < -0.39 is 0 Å². The molecular weight excluding hydrogens is 312 g/mol. The number of carbonyl (C=O) groups excluding carboxylic acids is 1. The van der Waals surface area contributed by atoms with E-state index in [-0.39, 0.29) is 12.5 Å². The van der Waals surface area contributed by atoms with E-state index in [0.29, 0.717) is 12.5 Å². The number of amides is 1. The highest BCUT2D eigenvalue weighted by atomic mass is 16.5. The predicted octanol–water partition coefficient (Wildman–Crippen LogP) is 4.80. The third kappa shape index (κ3) is 4.02. The molecule has 4 nitrogen and oxygen atoms in total. The van der Waals surface area contributed by atoms with Gasteiger partial charge in [0.15, 0.2) is 0 Å². The van der Waals surface area contributed by atoms with Crippen LogP contribution in [0.15, 0.2) is 54.7 Å². The third-order valence-electron chi connectivity index (χ3n) is 4.23. The van der Waals surface area contributed by atoms with Crippen LogP contribution in [0, 0.1) is 0 Å². The minimum atomic E-state index is -0.0383. The first-order valence-corrected chi connectivity index (χ1v) is 8.68. The van der Waals surface area contributed by atoms with Crippen molar-refractivity contribution in [3.05, 3.63) is 60.3 Å². The monoisotopic (exact) mass is 336 g/mol. The van der Waals surface area contributed by atoms with Crippen molar-refractivity contribution in [2.24, 2.45) is 0 Å². The number of fused-ring (bicyclic) bond motifs is 1. The Morgan fingerprint density at radius 3 is 2.56 bits per heavy atom. The molecule has 0 aliphatic rings. The second kappa shape index (κ2) is 7.43. The van der Waals surface area contributed by atoms with Gasteiger partial charge in [0.1, 0.15) is 12.3 Å². The van der Waals surface area contributed by atoms with Gasteiger partial charge in [-0.25, -0.2) is 0 Å². The molecule has 25 heavy (non-hydrogen) atoms. The van der Waals surface area contributed by atoms with E-state index in [1.165, 1.54) is 5.56 Å². The number of ether oxygens (including phenoxy) is 1. The second-order valence-electron chi connectivity index (χ2n) is 6.42. The van der Waals surface area contributed by atoms with Gasteiger partial charge in [0.2, 0.25) is 5.91 Å². The lowest BCUT2D eigenvalue weighted by Gasteiger charge is -2.10. The number of rotatable bonds is 6. The maximum atomic E-state index is 12.4. The largest absolute Gasteiger partial charge is 0.494 e. The Labute approximate surface area is 148 Å². The number of nitrogens with zero attached hydrogens (tertiary/aromatic N) is 1. The number of hydrogen-bond acceptors (Lipinski definition) is 2. The van der Waals surface area contributed by atoms with Crippen LogP contribution >= 0.6 is 0 Å². The summed E-state index contributed by atoms with van der Waals surface area (Å²) in [6.45, 7) is 7.20. The van der Waals surface area contributed by atoms with E-state index in [1.807, 2.05) is 54.1 Å². The summed E-state index contributed by atoms with van der Waals surface area (Å²) < 4.78 is 7.47. The Kier molecular flexibility index (Phi) is 5.08. The van der Waals surface area contributed by atoms with E-state index in [0.717, 1.165) is 22.3 Å². The Morgan fingerprint density at radius 1 is 1.12 bits per heavy atom. The summed E-state index contributed by atoms with van der Waals surface area (Å²) in [5, 5.41) is 4.03. The summed E-state index contributed by atoms with van der Waals surface area (Å²) in [5.41, 5.74) is 3.11. The predicted molar refractivity (Wildman–Crippen MR) is 102 cm³/mol. The summed E-state index contributed by atoms with van der Waals surface area (Å²) in [6, 6.07) is 15.9. The highest BCUT2D eigenvalue weighted by molar-refractivity contribution is 5.92. The number of nitrogens with one attached hydrogen (secondary N) is 1. The summed E-state index contributed by atoms with van der Waals surface area (Å²) in [7, 11) is 0. The van der Waals surface area contributed by atoms with Crippen LogP contribution in [0.3, 0.4) is 0 Å². The maximum absolute atomic E-state index is 12.4. The standard InChI is InChI=1S/C21H24N2O2/c1-4-25-19-9-10-20-17(13-19)11-12-23(20)14-21(24)22-18-7-5-16(6-8-18)15(2)3/h5-13,15H,4,14H2,1-3H3,(H,22,24). The van der Waals surface area contributed by atoms with Crippen LogP contribution in [0.5, 0.6) is 5.75 Å². The molecule has 1 amide bonds. The minimum Gasteiger partial charge on any atom is -0.494 e. The van der Waals surface area contributed by atoms with Crippen molar-refractivity contribution >= 4 is 22.5 Å². The Morgan fingerprint density at radius 2 is 1.88 bits per heavy atom. The molecule has 0 saturated heterocycles. The van der Waals surface area contributed by atoms with Crippen molar-refractivity contribution in [2.75, 3.05) is 11.9 Å². The van der Waals surface area contributed by atoms with Gasteiger partial charge in [0.05, 0.1) is 6.61 Å². The molecule has 1 heterocycles. The van der Waals surface area contributed by atoms with Gasteiger partial charge >= 0.3 is 0 Å². The highest BCUT2D eigenvalue weighted by Gasteiger charge is 2.08. The van der Waals surface area contributed by atoms with Crippen LogP contribution in [-0.2, 0) is 11.3 Å². The van der Waals surface area contributed by atoms with Gasteiger partial charge in [0.25, 0.3) is 0 Å². The highest BCUT2D eigenvalue weighted by Crippen LogP contribution is 2.22. The first-order chi connectivity index (χ1) is 12.1. The van der Waals surface area contributed by atoms with Gasteiger partial charge in [0, 0.05) is 22.8 Å². The lowest BCUT2D eigenvalue weighted by atomic mass is 10.0. The smallest absolute Gasteiger partial charge is 0.244 e. The van der Waals surface area contributed by atoms with Gasteiger partial charge in [-0.05, 0) is 54.8 Å². The fourth-order valence-corrected chi connectivity index (χ4v) is 2.88. The zero-order chi connectivity index (χ0) is 17.8. The summed E-state index contributed by atoms with van der Waals surface area (Å²) in [4.78, 5) is 12.4. The Hall–Kier alpha value is -2.75. The molecule has 0 fully saturated rings. The molecule has 0 radical (unpaired) electrons. The van der Waals surface area contributed by atoms with Crippen LogP contribution in [-0.4, -0.2) is 17.1 Å². The van der Waals surface area contributed by atoms with Gasteiger partial charge in [-0.15, -0.1) is 0 Å². The fourth-order valence-electron chi connectivity index (χ4n) is 2.88. The first kappa shape index (κ1) is 17.1. The summed E-state index contributed by atoms with van der Waals surface area (Å²) >= 11 is 0. The molecule has 1 aromatic heterocycles. The number of anilines is 1. The molecule has 2 aromatic carbocycles. The molecule has 0 bridgehead atoms.